The Morgan fingerprint density at radius 3 is 2.75 bits per heavy atom. The van der Waals surface area contributed by atoms with Gasteiger partial charge in [0.2, 0.25) is 0 Å². The van der Waals surface area contributed by atoms with Crippen LogP contribution in [0.5, 0.6) is 0 Å². The predicted molar refractivity (Wildman–Crippen MR) is 65.4 cm³/mol. The van der Waals surface area contributed by atoms with Gasteiger partial charge in [0.25, 0.3) is 0 Å². The zero-order valence-corrected chi connectivity index (χ0v) is 10.4. The van der Waals surface area contributed by atoms with Crippen LogP contribution < -0.4 is 5.32 Å². The monoisotopic (exact) mass is 259 g/mol. The SMILES string of the molecule is O=S1(=O)CC[C@H](NCc2ccccc2Cl)C1. The second-order valence-electron chi connectivity index (χ2n) is 4.07. The van der Waals surface area contributed by atoms with Crippen LogP contribution in [0.25, 0.3) is 0 Å². The molecule has 1 aliphatic heterocycles. The Kier molecular flexibility index (Phi) is 3.52. The molecule has 2 rings (SSSR count). The van der Waals surface area contributed by atoms with Crippen molar-refractivity contribution >= 4 is 21.4 Å². The number of rotatable bonds is 3. The standard InChI is InChI=1S/C11H14ClNO2S/c12-11-4-2-1-3-9(11)7-13-10-5-6-16(14,15)8-10/h1-4,10,13H,5-8H2/t10-/m0/s1. The Morgan fingerprint density at radius 1 is 1.38 bits per heavy atom. The average molecular weight is 260 g/mol. The number of hydrogen-bond donors (Lipinski definition) is 1. The Bertz CT molecular complexity index is 473. The molecule has 0 spiro atoms. The van der Waals surface area contributed by atoms with Crippen LogP contribution in [-0.2, 0) is 16.4 Å². The topological polar surface area (TPSA) is 46.2 Å². The molecule has 0 radical (unpaired) electrons. The van der Waals surface area contributed by atoms with Crippen molar-refractivity contribution in [3.05, 3.63) is 34.9 Å². The van der Waals surface area contributed by atoms with Gasteiger partial charge in [-0.05, 0) is 18.1 Å². The van der Waals surface area contributed by atoms with Gasteiger partial charge in [0, 0.05) is 17.6 Å². The van der Waals surface area contributed by atoms with Crippen molar-refractivity contribution in [1.82, 2.24) is 5.32 Å². The highest BCUT2D eigenvalue weighted by Gasteiger charge is 2.27. The molecular weight excluding hydrogens is 246 g/mol. The van der Waals surface area contributed by atoms with E-state index in [1.807, 2.05) is 24.3 Å². The van der Waals surface area contributed by atoms with Gasteiger partial charge in [0.1, 0.15) is 0 Å². The molecule has 88 valence electrons. The number of nitrogens with one attached hydrogen (secondary N) is 1. The van der Waals surface area contributed by atoms with Gasteiger partial charge >= 0.3 is 0 Å². The third-order valence-corrected chi connectivity index (χ3v) is 4.91. The van der Waals surface area contributed by atoms with E-state index in [-0.39, 0.29) is 11.8 Å². The van der Waals surface area contributed by atoms with Crippen molar-refractivity contribution in [2.24, 2.45) is 0 Å². The first-order chi connectivity index (χ1) is 7.57. The first kappa shape index (κ1) is 11.9. The van der Waals surface area contributed by atoms with Crippen molar-refractivity contribution < 1.29 is 8.42 Å². The molecule has 0 aliphatic carbocycles. The molecule has 1 aromatic rings. The van der Waals surface area contributed by atoms with Crippen LogP contribution in [0.4, 0.5) is 0 Å². The molecule has 1 heterocycles. The number of hydrogen-bond acceptors (Lipinski definition) is 3. The van der Waals surface area contributed by atoms with E-state index < -0.39 is 9.84 Å². The van der Waals surface area contributed by atoms with Crippen LogP contribution in [-0.4, -0.2) is 26.0 Å². The highest BCUT2D eigenvalue weighted by Crippen LogP contribution is 2.16. The zero-order chi connectivity index (χ0) is 11.6. The molecule has 0 saturated carbocycles. The molecule has 1 fully saturated rings. The maximum absolute atomic E-state index is 11.3. The fraction of sp³-hybridized carbons (Fsp3) is 0.455. The average Bonchev–Trinajstić information content (AvgIpc) is 2.57. The molecule has 1 aromatic carbocycles. The highest BCUT2D eigenvalue weighted by atomic mass is 35.5. The van der Waals surface area contributed by atoms with Crippen LogP contribution in [0.15, 0.2) is 24.3 Å². The summed E-state index contributed by atoms with van der Waals surface area (Å²) >= 11 is 6.01. The fourth-order valence-electron chi connectivity index (χ4n) is 1.85. The molecular formula is C11H14ClNO2S. The lowest BCUT2D eigenvalue weighted by Gasteiger charge is -2.11. The summed E-state index contributed by atoms with van der Waals surface area (Å²) in [6.07, 6.45) is 0.701. The second-order valence-corrected chi connectivity index (χ2v) is 6.71. The number of sulfone groups is 1. The summed E-state index contributed by atoms with van der Waals surface area (Å²) in [5.41, 5.74) is 1.01. The summed E-state index contributed by atoms with van der Waals surface area (Å²) in [7, 11) is -2.81. The van der Waals surface area contributed by atoms with Crippen LogP contribution in [0.3, 0.4) is 0 Å². The molecule has 1 saturated heterocycles. The fourth-order valence-corrected chi connectivity index (χ4v) is 3.76. The van der Waals surface area contributed by atoms with Crippen molar-refractivity contribution in [2.45, 2.75) is 19.0 Å². The van der Waals surface area contributed by atoms with E-state index in [0.717, 1.165) is 10.6 Å². The van der Waals surface area contributed by atoms with E-state index in [4.69, 9.17) is 11.6 Å². The van der Waals surface area contributed by atoms with Crippen molar-refractivity contribution in [3.8, 4) is 0 Å². The smallest absolute Gasteiger partial charge is 0.151 e. The lowest BCUT2D eigenvalue weighted by Crippen LogP contribution is -2.29. The minimum Gasteiger partial charge on any atom is -0.309 e. The Morgan fingerprint density at radius 2 is 2.12 bits per heavy atom. The summed E-state index contributed by atoms with van der Waals surface area (Å²) in [6, 6.07) is 7.66. The maximum Gasteiger partial charge on any atom is 0.151 e. The molecule has 3 nitrogen and oxygen atoms in total. The first-order valence-electron chi connectivity index (χ1n) is 5.24. The lowest BCUT2D eigenvalue weighted by molar-refractivity contribution is 0.554. The minimum absolute atomic E-state index is 0.0706. The van der Waals surface area contributed by atoms with Gasteiger partial charge in [-0.2, -0.15) is 0 Å². The van der Waals surface area contributed by atoms with Crippen LogP contribution in [0.1, 0.15) is 12.0 Å². The Labute approximate surface area is 101 Å². The van der Waals surface area contributed by atoms with E-state index in [2.05, 4.69) is 5.32 Å². The van der Waals surface area contributed by atoms with E-state index in [1.54, 1.807) is 0 Å². The third-order valence-electron chi connectivity index (χ3n) is 2.77. The van der Waals surface area contributed by atoms with Crippen LogP contribution >= 0.6 is 11.6 Å². The molecule has 0 amide bonds. The molecule has 1 atom stereocenters. The summed E-state index contributed by atoms with van der Waals surface area (Å²) in [5, 5.41) is 3.95. The van der Waals surface area contributed by atoms with Crippen LogP contribution in [0, 0.1) is 0 Å². The minimum atomic E-state index is -2.81. The molecule has 0 aromatic heterocycles. The molecule has 16 heavy (non-hydrogen) atoms. The molecule has 0 unspecified atom stereocenters. The van der Waals surface area contributed by atoms with Gasteiger partial charge in [0.05, 0.1) is 11.5 Å². The van der Waals surface area contributed by atoms with E-state index in [0.29, 0.717) is 18.7 Å². The maximum atomic E-state index is 11.3. The van der Waals surface area contributed by atoms with Gasteiger partial charge in [-0.1, -0.05) is 29.8 Å². The van der Waals surface area contributed by atoms with Gasteiger partial charge in [-0.25, -0.2) is 8.42 Å². The zero-order valence-electron chi connectivity index (χ0n) is 8.82. The Balaban J connectivity index is 1.92. The Hall–Kier alpha value is -0.580. The molecule has 1 aliphatic rings. The van der Waals surface area contributed by atoms with Gasteiger partial charge in [-0.3, -0.25) is 0 Å². The van der Waals surface area contributed by atoms with Crippen LogP contribution in [0.2, 0.25) is 5.02 Å². The second kappa shape index (κ2) is 4.73. The van der Waals surface area contributed by atoms with Gasteiger partial charge in [0.15, 0.2) is 9.84 Å². The predicted octanol–water partition coefficient (Wildman–Crippen LogP) is 1.62. The van der Waals surface area contributed by atoms with Gasteiger partial charge in [-0.15, -0.1) is 0 Å². The van der Waals surface area contributed by atoms with Crippen molar-refractivity contribution in [2.75, 3.05) is 11.5 Å². The highest BCUT2D eigenvalue weighted by molar-refractivity contribution is 7.91. The normalized spacial score (nSPS) is 23.4. The summed E-state index contributed by atoms with van der Waals surface area (Å²) in [6.45, 7) is 0.625. The van der Waals surface area contributed by atoms with E-state index in [9.17, 15) is 8.42 Å². The largest absolute Gasteiger partial charge is 0.309 e. The van der Waals surface area contributed by atoms with Crippen molar-refractivity contribution in [1.29, 1.82) is 0 Å². The molecule has 1 N–H and O–H groups in total. The first-order valence-corrected chi connectivity index (χ1v) is 7.44. The summed E-state index contributed by atoms with van der Waals surface area (Å²) < 4.78 is 22.5. The van der Waals surface area contributed by atoms with E-state index >= 15 is 0 Å². The lowest BCUT2D eigenvalue weighted by atomic mass is 10.2. The molecule has 0 bridgehead atoms. The quantitative estimate of drug-likeness (QED) is 0.897. The molecule has 5 heteroatoms. The number of benzene rings is 1. The van der Waals surface area contributed by atoms with Crippen molar-refractivity contribution in [3.63, 3.8) is 0 Å². The number of halogens is 1. The summed E-state index contributed by atoms with van der Waals surface area (Å²) in [5.74, 6) is 0.546. The van der Waals surface area contributed by atoms with E-state index in [1.165, 1.54) is 0 Å². The van der Waals surface area contributed by atoms with Gasteiger partial charge < -0.3 is 5.32 Å². The third kappa shape index (κ3) is 2.97. The summed E-state index contributed by atoms with van der Waals surface area (Å²) in [4.78, 5) is 0.